The minimum Gasteiger partial charge on any atom is -0.480 e. The van der Waals surface area contributed by atoms with Crippen LogP contribution < -0.4 is 4.90 Å². The summed E-state index contributed by atoms with van der Waals surface area (Å²) in [6.45, 7) is -0.118. The molecule has 1 aromatic rings. The minimum atomic E-state index is -0.919. The summed E-state index contributed by atoms with van der Waals surface area (Å²) in [7, 11) is 1.62. The van der Waals surface area contributed by atoms with Gasteiger partial charge in [0.05, 0.1) is 0 Å². The van der Waals surface area contributed by atoms with Gasteiger partial charge in [0, 0.05) is 13.2 Å². The summed E-state index contributed by atoms with van der Waals surface area (Å²) in [5.41, 5.74) is 0. The number of halogens is 1. The number of anilines is 1. The van der Waals surface area contributed by atoms with Crippen LogP contribution in [0.2, 0.25) is 5.28 Å². The van der Waals surface area contributed by atoms with Crippen LogP contribution in [0.15, 0.2) is 12.3 Å². The van der Waals surface area contributed by atoms with Gasteiger partial charge in [-0.15, -0.1) is 0 Å². The number of nitrogens with zero attached hydrogens (tertiary/aromatic N) is 3. The smallest absolute Gasteiger partial charge is 0.323 e. The normalized spacial score (nSPS) is 9.69. The molecule has 0 radical (unpaired) electrons. The molecule has 0 atom stereocenters. The van der Waals surface area contributed by atoms with Gasteiger partial charge in [0.2, 0.25) is 5.28 Å². The van der Waals surface area contributed by atoms with Crippen molar-refractivity contribution in [3.05, 3.63) is 17.5 Å². The predicted octanol–water partition coefficient (Wildman–Crippen LogP) is 0.651. The maximum absolute atomic E-state index is 10.3. The first kappa shape index (κ1) is 9.73. The average Bonchev–Trinajstić information content (AvgIpc) is 2.03. The maximum Gasteiger partial charge on any atom is 0.323 e. The molecule has 1 rings (SSSR count). The number of hydrogen-bond donors (Lipinski definition) is 1. The highest BCUT2D eigenvalue weighted by Gasteiger charge is 2.06. The van der Waals surface area contributed by atoms with E-state index in [1.807, 2.05) is 0 Å². The van der Waals surface area contributed by atoms with Gasteiger partial charge in [-0.2, -0.15) is 0 Å². The van der Waals surface area contributed by atoms with Gasteiger partial charge < -0.3 is 10.0 Å². The number of rotatable bonds is 3. The number of likely N-dealkylation sites (N-methyl/N-ethyl adjacent to an activating group) is 1. The van der Waals surface area contributed by atoms with E-state index in [1.165, 1.54) is 11.1 Å². The Balaban J connectivity index is 2.76. The van der Waals surface area contributed by atoms with E-state index in [2.05, 4.69) is 9.97 Å². The quantitative estimate of drug-likeness (QED) is 0.728. The van der Waals surface area contributed by atoms with Gasteiger partial charge in [0.1, 0.15) is 12.4 Å². The molecule has 0 fully saturated rings. The highest BCUT2D eigenvalue weighted by Crippen LogP contribution is 2.09. The highest BCUT2D eigenvalue weighted by molar-refractivity contribution is 6.28. The van der Waals surface area contributed by atoms with E-state index in [1.54, 1.807) is 13.1 Å². The Kier molecular flexibility index (Phi) is 3.02. The topological polar surface area (TPSA) is 66.3 Å². The van der Waals surface area contributed by atoms with Gasteiger partial charge >= 0.3 is 5.97 Å². The summed E-state index contributed by atoms with van der Waals surface area (Å²) >= 11 is 5.53. The lowest BCUT2D eigenvalue weighted by Gasteiger charge is -2.14. The third-order valence-corrected chi connectivity index (χ3v) is 1.56. The zero-order valence-electron chi connectivity index (χ0n) is 6.94. The first-order valence-corrected chi connectivity index (χ1v) is 3.89. The number of carbonyl (C=O) groups is 1. The fourth-order valence-electron chi connectivity index (χ4n) is 0.823. The molecule has 0 bridgehead atoms. The molecule has 13 heavy (non-hydrogen) atoms. The number of aliphatic carboxylic acids is 1. The van der Waals surface area contributed by atoms with Crippen molar-refractivity contribution in [1.82, 2.24) is 9.97 Å². The van der Waals surface area contributed by atoms with Gasteiger partial charge in [-0.1, -0.05) is 0 Å². The van der Waals surface area contributed by atoms with Crippen molar-refractivity contribution in [3.8, 4) is 0 Å². The van der Waals surface area contributed by atoms with E-state index in [0.29, 0.717) is 5.82 Å². The van der Waals surface area contributed by atoms with Crippen LogP contribution in [-0.2, 0) is 4.79 Å². The zero-order chi connectivity index (χ0) is 9.84. The van der Waals surface area contributed by atoms with Crippen molar-refractivity contribution in [2.75, 3.05) is 18.5 Å². The second kappa shape index (κ2) is 4.04. The minimum absolute atomic E-state index is 0.106. The molecule has 0 aliphatic carbocycles. The van der Waals surface area contributed by atoms with Crippen LogP contribution in [-0.4, -0.2) is 34.6 Å². The standard InChI is InChI=1S/C7H8ClN3O2/c1-11(4-6(12)13)5-2-3-9-7(8)10-5/h2-3H,4H2,1H3,(H,12,13). The Bertz CT molecular complexity index is 318. The van der Waals surface area contributed by atoms with Crippen LogP contribution in [0.25, 0.3) is 0 Å². The van der Waals surface area contributed by atoms with Crippen molar-refractivity contribution >= 4 is 23.4 Å². The molecule has 0 aliphatic heterocycles. The second-order valence-corrected chi connectivity index (χ2v) is 2.77. The first-order chi connectivity index (χ1) is 6.09. The first-order valence-electron chi connectivity index (χ1n) is 3.51. The molecule has 5 nitrogen and oxygen atoms in total. The number of carboxylic acid groups (broad SMARTS) is 1. The van der Waals surface area contributed by atoms with E-state index in [9.17, 15) is 4.79 Å². The van der Waals surface area contributed by atoms with Gasteiger partial charge in [-0.25, -0.2) is 9.97 Å². The molecule has 0 spiro atoms. The molecule has 0 amide bonds. The number of hydrogen-bond acceptors (Lipinski definition) is 4. The van der Waals surface area contributed by atoms with Crippen LogP contribution in [0.3, 0.4) is 0 Å². The molecule has 0 unspecified atom stereocenters. The predicted molar refractivity (Wildman–Crippen MR) is 47.9 cm³/mol. The van der Waals surface area contributed by atoms with E-state index in [-0.39, 0.29) is 11.8 Å². The SMILES string of the molecule is CN(CC(=O)O)c1ccnc(Cl)n1. The van der Waals surface area contributed by atoms with Crippen LogP contribution in [0.1, 0.15) is 0 Å². The van der Waals surface area contributed by atoms with E-state index in [4.69, 9.17) is 16.7 Å². The van der Waals surface area contributed by atoms with Crippen LogP contribution in [0.4, 0.5) is 5.82 Å². The van der Waals surface area contributed by atoms with Crippen LogP contribution in [0.5, 0.6) is 0 Å². The molecular formula is C7H8ClN3O2. The third-order valence-electron chi connectivity index (χ3n) is 1.38. The average molecular weight is 202 g/mol. The Morgan fingerprint density at radius 3 is 3.00 bits per heavy atom. The molecule has 0 aliphatic rings. The Labute approximate surface area is 80.0 Å². The molecular weight excluding hydrogens is 194 g/mol. The molecule has 1 N–H and O–H groups in total. The van der Waals surface area contributed by atoms with E-state index >= 15 is 0 Å². The van der Waals surface area contributed by atoms with Crippen molar-refractivity contribution in [3.63, 3.8) is 0 Å². The second-order valence-electron chi connectivity index (χ2n) is 2.43. The summed E-state index contributed by atoms with van der Waals surface area (Å²) in [4.78, 5) is 19.3. The molecule has 0 aromatic carbocycles. The van der Waals surface area contributed by atoms with Gasteiger partial charge in [-0.05, 0) is 17.7 Å². The number of aromatic nitrogens is 2. The summed E-state index contributed by atoms with van der Waals surface area (Å²) < 4.78 is 0. The Hall–Kier alpha value is -1.36. The maximum atomic E-state index is 10.3. The van der Waals surface area contributed by atoms with Crippen molar-refractivity contribution < 1.29 is 9.90 Å². The fraction of sp³-hybridized carbons (Fsp3) is 0.286. The van der Waals surface area contributed by atoms with Crippen LogP contribution in [0, 0.1) is 0 Å². The fourth-order valence-corrected chi connectivity index (χ4v) is 0.966. The lowest BCUT2D eigenvalue weighted by Crippen LogP contribution is -2.25. The van der Waals surface area contributed by atoms with E-state index < -0.39 is 5.97 Å². The van der Waals surface area contributed by atoms with Crippen molar-refractivity contribution in [1.29, 1.82) is 0 Å². The zero-order valence-corrected chi connectivity index (χ0v) is 7.69. The lowest BCUT2D eigenvalue weighted by atomic mass is 10.5. The Morgan fingerprint density at radius 1 is 1.77 bits per heavy atom. The monoisotopic (exact) mass is 201 g/mol. The van der Waals surface area contributed by atoms with Crippen molar-refractivity contribution in [2.24, 2.45) is 0 Å². The van der Waals surface area contributed by atoms with E-state index in [0.717, 1.165) is 0 Å². The van der Waals surface area contributed by atoms with Crippen LogP contribution >= 0.6 is 11.6 Å². The molecule has 1 aromatic heterocycles. The summed E-state index contributed by atoms with van der Waals surface area (Å²) in [6, 6.07) is 1.59. The molecule has 1 heterocycles. The summed E-state index contributed by atoms with van der Waals surface area (Å²) in [5, 5.41) is 8.60. The van der Waals surface area contributed by atoms with Crippen molar-refractivity contribution in [2.45, 2.75) is 0 Å². The highest BCUT2D eigenvalue weighted by atomic mass is 35.5. The largest absolute Gasteiger partial charge is 0.480 e. The summed E-state index contributed by atoms with van der Waals surface area (Å²) in [5.74, 6) is -0.431. The molecule has 0 saturated heterocycles. The molecule has 70 valence electrons. The molecule has 6 heteroatoms. The summed E-state index contributed by atoms with van der Waals surface area (Å²) in [6.07, 6.45) is 1.48. The molecule has 0 saturated carbocycles. The van der Waals surface area contributed by atoms with Gasteiger partial charge in [0.15, 0.2) is 0 Å². The number of carboxylic acids is 1. The van der Waals surface area contributed by atoms with Gasteiger partial charge in [-0.3, -0.25) is 4.79 Å². The van der Waals surface area contributed by atoms with Gasteiger partial charge in [0.25, 0.3) is 0 Å². The third kappa shape index (κ3) is 2.87. The Morgan fingerprint density at radius 2 is 2.46 bits per heavy atom. The lowest BCUT2D eigenvalue weighted by molar-refractivity contribution is -0.135.